The van der Waals surface area contributed by atoms with E-state index in [4.69, 9.17) is 0 Å². The van der Waals surface area contributed by atoms with Crippen molar-refractivity contribution < 1.29 is 8.42 Å². The predicted octanol–water partition coefficient (Wildman–Crippen LogP) is 4.87. The number of benzene rings is 1. The van der Waals surface area contributed by atoms with E-state index in [1.807, 2.05) is 24.3 Å². The highest BCUT2D eigenvalue weighted by Gasteiger charge is 2.21. The minimum absolute atomic E-state index is 0.0764. The zero-order chi connectivity index (χ0) is 20.0. The maximum atomic E-state index is 11.3. The summed E-state index contributed by atoms with van der Waals surface area (Å²) in [4.78, 5) is 2.54. The van der Waals surface area contributed by atoms with E-state index in [0.717, 1.165) is 32.5 Å². The normalized spacial score (nSPS) is 13.2. The van der Waals surface area contributed by atoms with E-state index in [-0.39, 0.29) is 5.41 Å². The maximum Gasteiger partial charge on any atom is 0.229 e. The van der Waals surface area contributed by atoms with Crippen LogP contribution in [0.5, 0.6) is 0 Å². The number of nitrogens with one attached hydrogen (secondary N) is 1. The second kappa shape index (κ2) is 9.23. The molecule has 0 heterocycles. The first-order valence-corrected chi connectivity index (χ1v) is 11.5. The Morgan fingerprint density at radius 2 is 1.54 bits per heavy atom. The molecule has 0 saturated carbocycles. The van der Waals surface area contributed by atoms with Crippen molar-refractivity contribution >= 4 is 15.7 Å². The van der Waals surface area contributed by atoms with Gasteiger partial charge in [-0.25, -0.2) is 8.42 Å². The monoisotopic (exact) mass is 382 g/mol. The summed E-state index contributed by atoms with van der Waals surface area (Å²) in [6.07, 6.45) is 4.66. The zero-order valence-electron chi connectivity index (χ0n) is 17.7. The van der Waals surface area contributed by atoms with Gasteiger partial charge in [-0.15, -0.1) is 0 Å². The maximum absolute atomic E-state index is 11.3. The number of anilines is 1. The standard InChI is InChI=1S/C21H38N2O2S/c1-8-23(17-15-20(2,3)4)16-9-14-21(5,6)18-10-12-19(13-11-18)22-26(7,24)25/h10-13,22H,8-9,14-17H2,1-7H3. The molecular weight excluding hydrogens is 344 g/mol. The molecule has 0 aliphatic carbocycles. The van der Waals surface area contributed by atoms with Crippen molar-refractivity contribution in [1.82, 2.24) is 4.90 Å². The molecule has 0 aliphatic rings. The van der Waals surface area contributed by atoms with Gasteiger partial charge in [0, 0.05) is 5.69 Å². The van der Waals surface area contributed by atoms with Gasteiger partial charge in [0.2, 0.25) is 10.0 Å². The molecule has 0 fully saturated rings. The van der Waals surface area contributed by atoms with Crippen molar-refractivity contribution in [3.05, 3.63) is 29.8 Å². The van der Waals surface area contributed by atoms with Gasteiger partial charge < -0.3 is 4.90 Å². The summed E-state index contributed by atoms with van der Waals surface area (Å²) in [5.41, 5.74) is 2.32. The summed E-state index contributed by atoms with van der Waals surface area (Å²) in [7, 11) is -3.22. The van der Waals surface area contributed by atoms with Crippen LogP contribution in [0.4, 0.5) is 5.69 Å². The van der Waals surface area contributed by atoms with Crippen LogP contribution in [0.2, 0.25) is 0 Å². The van der Waals surface area contributed by atoms with Crippen LogP contribution in [-0.2, 0) is 15.4 Å². The van der Waals surface area contributed by atoms with Gasteiger partial charge in [0.1, 0.15) is 0 Å². The van der Waals surface area contributed by atoms with E-state index < -0.39 is 10.0 Å². The Morgan fingerprint density at radius 3 is 2.00 bits per heavy atom. The van der Waals surface area contributed by atoms with E-state index in [9.17, 15) is 8.42 Å². The molecule has 26 heavy (non-hydrogen) atoms. The Labute approximate surface area is 161 Å². The smallest absolute Gasteiger partial charge is 0.229 e. The minimum atomic E-state index is -3.22. The highest BCUT2D eigenvalue weighted by molar-refractivity contribution is 7.92. The molecule has 4 nitrogen and oxygen atoms in total. The summed E-state index contributed by atoms with van der Waals surface area (Å²) in [5.74, 6) is 0. The zero-order valence-corrected chi connectivity index (χ0v) is 18.5. The Balaban J connectivity index is 2.57. The van der Waals surface area contributed by atoms with E-state index in [2.05, 4.69) is 51.2 Å². The SMILES string of the molecule is CCN(CCCC(C)(C)c1ccc(NS(C)(=O)=O)cc1)CCC(C)(C)C. The van der Waals surface area contributed by atoms with Gasteiger partial charge in [0.25, 0.3) is 0 Å². The first-order chi connectivity index (χ1) is 11.8. The number of sulfonamides is 1. The fourth-order valence-electron chi connectivity index (χ4n) is 3.01. The molecule has 0 aliphatic heterocycles. The predicted molar refractivity (Wildman–Crippen MR) is 113 cm³/mol. The van der Waals surface area contributed by atoms with Crippen molar-refractivity contribution in [1.29, 1.82) is 0 Å². The molecule has 0 radical (unpaired) electrons. The van der Waals surface area contributed by atoms with E-state index >= 15 is 0 Å². The molecule has 1 rings (SSSR count). The number of nitrogens with zero attached hydrogens (tertiary/aromatic N) is 1. The van der Waals surface area contributed by atoms with Crippen molar-refractivity contribution in [3.63, 3.8) is 0 Å². The third kappa shape index (κ3) is 9.04. The average Bonchev–Trinajstić information content (AvgIpc) is 2.48. The van der Waals surface area contributed by atoms with Gasteiger partial charge in [-0.1, -0.05) is 53.7 Å². The number of hydrogen-bond acceptors (Lipinski definition) is 3. The van der Waals surface area contributed by atoms with Crippen LogP contribution in [0.25, 0.3) is 0 Å². The number of hydrogen-bond donors (Lipinski definition) is 1. The highest BCUT2D eigenvalue weighted by atomic mass is 32.2. The largest absolute Gasteiger partial charge is 0.304 e. The van der Waals surface area contributed by atoms with Gasteiger partial charge in [-0.05, 0) is 67.4 Å². The van der Waals surface area contributed by atoms with Gasteiger partial charge in [-0.3, -0.25) is 4.72 Å². The Morgan fingerprint density at radius 1 is 0.962 bits per heavy atom. The Bertz CT molecular complexity index is 644. The fraction of sp³-hybridized carbons (Fsp3) is 0.714. The first kappa shape index (κ1) is 23.0. The Kier molecular flexibility index (Phi) is 8.15. The topological polar surface area (TPSA) is 49.4 Å². The second-order valence-electron chi connectivity index (χ2n) is 9.18. The quantitative estimate of drug-likeness (QED) is 0.628. The molecule has 0 unspecified atom stereocenters. The molecule has 0 amide bonds. The molecule has 150 valence electrons. The first-order valence-electron chi connectivity index (χ1n) is 9.63. The van der Waals surface area contributed by atoms with Gasteiger partial charge in [0.05, 0.1) is 6.26 Å². The van der Waals surface area contributed by atoms with Crippen molar-refractivity contribution in [3.8, 4) is 0 Å². The third-order valence-corrected chi connectivity index (χ3v) is 5.48. The van der Waals surface area contributed by atoms with Crippen molar-refractivity contribution in [2.75, 3.05) is 30.6 Å². The third-order valence-electron chi connectivity index (χ3n) is 4.87. The molecule has 0 atom stereocenters. The van der Waals surface area contributed by atoms with Gasteiger partial charge >= 0.3 is 0 Å². The van der Waals surface area contributed by atoms with Crippen LogP contribution in [-0.4, -0.2) is 39.2 Å². The van der Waals surface area contributed by atoms with E-state index in [1.54, 1.807) is 0 Å². The lowest BCUT2D eigenvalue weighted by Gasteiger charge is -2.29. The van der Waals surface area contributed by atoms with Crippen molar-refractivity contribution in [2.24, 2.45) is 5.41 Å². The van der Waals surface area contributed by atoms with Gasteiger partial charge in [0.15, 0.2) is 0 Å². The summed E-state index contributed by atoms with van der Waals surface area (Å²) in [6.45, 7) is 17.0. The molecule has 0 bridgehead atoms. The summed E-state index contributed by atoms with van der Waals surface area (Å²) in [6, 6.07) is 7.76. The van der Waals surface area contributed by atoms with E-state index in [0.29, 0.717) is 11.1 Å². The lowest BCUT2D eigenvalue weighted by atomic mass is 9.80. The van der Waals surface area contributed by atoms with Gasteiger partial charge in [-0.2, -0.15) is 0 Å². The van der Waals surface area contributed by atoms with Crippen LogP contribution < -0.4 is 4.72 Å². The molecule has 1 aromatic rings. The molecule has 0 spiro atoms. The molecule has 0 aromatic heterocycles. The molecule has 0 saturated heterocycles. The molecule has 1 aromatic carbocycles. The molecule has 5 heteroatoms. The lowest BCUT2D eigenvalue weighted by molar-refractivity contribution is 0.227. The summed E-state index contributed by atoms with van der Waals surface area (Å²) in [5, 5.41) is 0. The van der Waals surface area contributed by atoms with Crippen LogP contribution in [0.1, 0.15) is 66.4 Å². The van der Waals surface area contributed by atoms with Crippen LogP contribution in [0.15, 0.2) is 24.3 Å². The Hall–Kier alpha value is -1.07. The number of rotatable bonds is 10. The summed E-state index contributed by atoms with van der Waals surface area (Å²) < 4.78 is 25.1. The van der Waals surface area contributed by atoms with Crippen molar-refractivity contribution in [2.45, 2.75) is 66.2 Å². The summed E-state index contributed by atoms with van der Waals surface area (Å²) >= 11 is 0. The lowest BCUT2D eigenvalue weighted by Crippen LogP contribution is -2.29. The van der Waals surface area contributed by atoms with E-state index in [1.165, 1.54) is 18.2 Å². The minimum Gasteiger partial charge on any atom is -0.304 e. The van der Waals surface area contributed by atoms with Crippen LogP contribution >= 0.6 is 0 Å². The second-order valence-corrected chi connectivity index (χ2v) is 10.9. The highest BCUT2D eigenvalue weighted by Crippen LogP contribution is 2.29. The molecular formula is C21H38N2O2S. The molecule has 1 N–H and O–H groups in total. The van der Waals surface area contributed by atoms with Crippen LogP contribution in [0, 0.1) is 5.41 Å². The average molecular weight is 383 g/mol. The van der Waals surface area contributed by atoms with Crippen LogP contribution in [0.3, 0.4) is 0 Å². The fourth-order valence-corrected chi connectivity index (χ4v) is 3.58.